The van der Waals surface area contributed by atoms with Gasteiger partial charge in [-0.3, -0.25) is 0 Å². The molecule has 0 aliphatic carbocycles. The quantitative estimate of drug-likeness (QED) is 0.844. The van der Waals surface area contributed by atoms with E-state index in [4.69, 9.17) is 0 Å². The molecule has 0 fully saturated rings. The lowest BCUT2D eigenvalue weighted by atomic mass is 10.3. The predicted molar refractivity (Wildman–Crippen MR) is 75.3 cm³/mol. The average Bonchev–Trinajstić information content (AvgIpc) is 2.91. The molecule has 0 aliphatic rings. The highest BCUT2D eigenvalue weighted by molar-refractivity contribution is 7.89. The Balaban J connectivity index is 2.06. The third-order valence-electron chi connectivity index (χ3n) is 2.50. The van der Waals surface area contributed by atoms with Gasteiger partial charge in [0.2, 0.25) is 0 Å². The van der Waals surface area contributed by atoms with E-state index in [0.29, 0.717) is 6.54 Å². The van der Waals surface area contributed by atoms with E-state index >= 15 is 0 Å². The molecule has 2 aromatic heterocycles. The molecule has 2 rings (SSSR count). The molecule has 0 spiro atoms. The van der Waals surface area contributed by atoms with Crippen LogP contribution in [0.4, 0.5) is 0 Å². The summed E-state index contributed by atoms with van der Waals surface area (Å²) >= 11 is 1.54. The summed E-state index contributed by atoms with van der Waals surface area (Å²) in [4.78, 5) is 3.98. The highest BCUT2D eigenvalue weighted by atomic mass is 32.2. The van der Waals surface area contributed by atoms with Gasteiger partial charge in [-0.15, -0.1) is 0 Å². The molecule has 0 aliphatic heterocycles. The minimum Gasteiger partial charge on any atom is -0.316 e. The molecule has 0 unspecified atom stereocenters. The molecule has 0 atom stereocenters. The van der Waals surface area contributed by atoms with E-state index in [1.165, 1.54) is 17.4 Å². The molecule has 0 bridgehead atoms. The molecular formula is C12H15N3O2S2. The van der Waals surface area contributed by atoms with Crippen LogP contribution in [0.5, 0.6) is 0 Å². The Morgan fingerprint density at radius 1 is 1.21 bits per heavy atom. The van der Waals surface area contributed by atoms with Gasteiger partial charge >= 0.3 is 0 Å². The summed E-state index contributed by atoms with van der Waals surface area (Å²) in [5, 5.41) is 6.85. The van der Waals surface area contributed by atoms with Crippen LogP contribution in [0, 0.1) is 0 Å². The Morgan fingerprint density at radius 3 is 2.63 bits per heavy atom. The lowest BCUT2D eigenvalue weighted by molar-refractivity contribution is 0.577. The monoisotopic (exact) mass is 297 g/mol. The van der Waals surface area contributed by atoms with Crippen molar-refractivity contribution in [2.24, 2.45) is 0 Å². The highest BCUT2D eigenvalue weighted by Crippen LogP contribution is 2.09. The van der Waals surface area contributed by atoms with Crippen LogP contribution in [0.25, 0.3) is 0 Å². The maximum atomic E-state index is 12.0. The van der Waals surface area contributed by atoms with Crippen LogP contribution < -0.4 is 10.0 Å². The van der Waals surface area contributed by atoms with Gasteiger partial charge in [0.25, 0.3) is 10.0 Å². The second-order valence-electron chi connectivity index (χ2n) is 3.99. The first kappa shape index (κ1) is 14.1. The molecule has 0 radical (unpaired) electrons. The Hall–Kier alpha value is -1.28. The zero-order valence-electron chi connectivity index (χ0n) is 10.5. The molecule has 2 heterocycles. The van der Waals surface area contributed by atoms with Crippen molar-refractivity contribution in [1.29, 1.82) is 0 Å². The van der Waals surface area contributed by atoms with Crippen molar-refractivity contribution in [3.63, 3.8) is 0 Å². The molecule has 0 amide bonds. The Labute approximate surface area is 116 Å². The first-order chi connectivity index (χ1) is 9.12. The van der Waals surface area contributed by atoms with Gasteiger partial charge in [0.1, 0.15) is 0 Å². The number of thiophene rings is 1. The minimum absolute atomic E-state index is 0.0441. The molecule has 0 aromatic carbocycles. The summed E-state index contributed by atoms with van der Waals surface area (Å²) < 4.78 is 26.6. The molecule has 5 nitrogen and oxygen atoms in total. The standard InChI is InChI=1S/C12H15N3O2S2/c1-13-6-10-2-3-12(14-7-10)19(16,17)15-8-11-4-5-18-9-11/h2-5,7,9,13,15H,6,8H2,1H3. The summed E-state index contributed by atoms with van der Waals surface area (Å²) in [5.74, 6) is 0. The van der Waals surface area contributed by atoms with E-state index in [9.17, 15) is 8.42 Å². The first-order valence-corrected chi connectivity index (χ1v) is 8.15. The van der Waals surface area contributed by atoms with Crippen molar-refractivity contribution in [3.05, 3.63) is 46.3 Å². The number of hydrogen-bond donors (Lipinski definition) is 2. The summed E-state index contributed by atoms with van der Waals surface area (Å²) in [6, 6.07) is 5.15. The van der Waals surface area contributed by atoms with Gasteiger partial charge in [-0.2, -0.15) is 11.3 Å². The van der Waals surface area contributed by atoms with Gasteiger partial charge in [0.05, 0.1) is 0 Å². The smallest absolute Gasteiger partial charge is 0.258 e. The summed E-state index contributed by atoms with van der Waals surface area (Å²) in [6.07, 6.45) is 1.57. The zero-order valence-corrected chi connectivity index (χ0v) is 12.1. The van der Waals surface area contributed by atoms with E-state index < -0.39 is 10.0 Å². The number of rotatable bonds is 6. The van der Waals surface area contributed by atoms with Crippen LogP contribution in [-0.4, -0.2) is 20.4 Å². The fourth-order valence-corrected chi connectivity index (χ4v) is 3.14. The zero-order chi connectivity index (χ0) is 13.7. The topological polar surface area (TPSA) is 71.1 Å². The summed E-state index contributed by atoms with van der Waals surface area (Å²) in [6.45, 7) is 0.946. The molecule has 2 N–H and O–H groups in total. The van der Waals surface area contributed by atoms with Gasteiger partial charge in [-0.05, 0) is 41.1 Å². The lowest BCUT2D eigenvalue weighted by Crippen LogP contribution is -2.24. The number of aromatic nitrogens is 1. The highest BCUT2D eigenvalue weighted by Gasteiger charge is 2.15. The normalized spacial score (nSPS) is 11.6. The van der Waals surface area contributed by atoms with Crippen molar-refractivity contribution in [1.82, 2.24) is 15.0 Å². The van der Waals surface area contributed by atoms with Gasteiger partial charge in [0, 0.05) is 19.3 Å². The number of pyridine rings is 1. The van der Waals surface area contributed by atoms with Crippen molar-refractivity contribution in [2.45, 2.75) is 18.1 Å². The fraction of sp³-hybridized carbons (Fsp3) is 0.250. The maximum Gasteiger partial charge on any atom is 0.258 e. The van der Waals surface area contributed by atoms with Crippen molar-refractivity contribution in [2.75, 3.05) is 7.05 Å². The minimum atomic E-state index is -3.54. The first-order valence-electron chi connectivity index (χ1n) is 5.72. The Kier molecular flexibility index (Phi) is 4.65. The largest absolute Gasteiger partial charge is 0.316 e. The van der Waals surface area contributed by atoms with Crippen LogP contribution in [0.15, 0.2) is 40.2 Å². The maximum absolute atomic E-state index is 12.0. The van der Waals surface area contributed by atoms with E-state index in [0.717, 1.165) is 11.1 Å². The Bertz CT molecular complexity index is 607. The van der Waals surface area contributed by atoms with Gasteiger partial charge in [0.15, 0.2) is 5.03 Å². The van der Waals surface area contributed by atoms with Crippen LogP contribution in [0.1, 0.15) is 11.1 Å². The van der Waals surface area contributed by atoms with Crippen LogP contribution in [0.3, 0.4) is 0 Å². The molecule has 0 saturated heterocycles. The predicted octanol–water partition coefficient (Wildman–Crippen LogP) is 1.34. The Morgan fingerprint density at radius 2 is 2.05 bits per heavy atom. The molecule has 102 valence electrons. The number of nitrogens with zero attached hydrogens (tertiary/aromatic N) is 1. The third-order valence-corrected chi connectivity index (χ3v) is 4.55. The van der Waals surface area contributed by atoms with Crippen LogP contribution in [0.2, 0.25) is 0 Å². The van der Waals surface area contributed by atoms with Crippen molar-refractivity contribution in [3.8, 4) is 0 Å². The third kappa shape index (κ3) is 3.84. The second kappa shape index (κ2) is 6.25. The van der Waals surface area contributed by atoms with E-state index in [-0.39, 0.29) is 11.6 Å². The van der Waals surface area contributed by atoms with Gasteiger partial charge in [-0.25, -0.2) is 18.1 Å². The van der Waals surface area contributed by atoms with E-state index in [2.05, 4.69) is 15.0 Å². The summed E-state index contributed by atoms with van der Waals surface area (Å²) in [7, 11) is -1.72. The second-order valence-corrected chi connectivity index (χ2v) is 6.49. The fourth-order valence-electron chi connectivity index (χ4n) is 1.52. The molecular weight excluding hydrogens is 282 g/mol. The number of sulfonamides is 1. The van der Waals surface area contributed by atoms with Crippen molar-refractivity contribution >= 4 is 21.4 Å². The lowest BCUT2D eigenvalue weighted by Gasteiger charge is -2.06. The number of hydrogen-bond acceptors (Lipinski definition) is 5. The van der Waals surface area contributed by atoms with Gasteiger partial charge in [-0.1, -0.05) is 6.07 Å². The summed E-state index contributed by atoms with van der Waals surface area (Å²) in [5.41, 5.74) is 1.89. The van der Waals surface area contributed by atoms with Gasteiger partial charge < -0.3 is 5.32 Å². The van der Waals surface area contributed by atoms with E-state index in [1.807, 2.05) is 23.9 Å². The van der Waals surface area contributed by atoms with Crippen LogP contribution in [-0.2, 0) is 23.1 Å². The van der Waals surface area contributed by atoms with Crippen LogP contribution >= 0.6 is 11.3 Å². The van der Waals surface area contributed by atoms with E-state index in [1.54, 1.807) is 12.3 Å². The molecule has 0 saturated carbocycles. The number of nitrogens with one attached hydrogen (secondary N) is 2. The molecule has 7 heteroatoms. The SMILES string of the molecule is CNCc1ccc(S(=O)(=O)NCc2ccsc2)nc1. The van der Waals surface area contributed by atoms with Crippen molar-refractivity contribution < 1.29 is 8.42 Å². The average molecular weight is 297 g/mol. The molecule has 2 aromatic rings. The molecule has 19 heavy (non-hydrogen) atoms.